The molecule has 0 radical (unpaired) electrons. The molecular formula is C22H32O7. The molecule has 1 aliphatic rings. The summed E-state index contributed by atoms with van der Waals surface area (Å²) >= 11 is 0. The Labute approximate surface area is 172 Å². The molecule has 162 valence electrons. The fourth-order valence-corrected chi connectivity index (χ4v) is 3.26. The molecule has 7 heteroatoms. The van der Waals surface area contributed by atoms with Crippen LogP contribution in [0.4, 0.5) is 0 Å². The van der Waals surface area contributed by atoms with Gasteiger partial charge in [-0.1, -0.05) is 76.3 Å². The highest BCUT2D eigenvalue weighted by atomic mass is 17.7. The quantitative estimate of drug-likeness (QED) is 0.415. The number of carbonyl (C=O) groups excluding carboxylic acids is 2. The molecule has 2 rings (SSSR count). The number of ether oxygens (including phenoxy) is 1. The second-order valence-corrected chi connectivity index (χ2v) is 7.25. The van der Waals surface area contributed by atoms with Crippen LogP contribution in [0.1, 0.15) is 97.8 Å². The van der Waals surface area contributed by atoms with Crippen molar-refractivity contribution in [1.82, 2.24) is 0 Å². The Morgan fingerprint density at radius 1 is 0.552 bits per heavy atom. The first-order chi connectivity index (χ1) is 14.3. The minimum absolute atomic E-state index is 0.0412. The van der Waals surface area contributed by atoms with Crippen molar-refractivity contribution < 1.29 is 34.2 Å². The van der Waals surface area contributed by atoms with Crippen LogP contribution in [0.15, 0.2) is 24.3 Å². The molecule has 29 heavy (non-hydrogen) atoms. The number of carbonyl (C=O) groups is 2. The summed E-state index contributed by atoms with van der Waals surface area (Å²) in [4.78, 5) is 33.8. The molecule has 1 aromatic carbocycles. The number of fused-ring (bicyclic) bond motifs is 1. The summed E-state index contributed by atoms with van der Waals surface area (Å²) in [7, 11) is 0. The smallest absolute Gasteiger partial charge is 0.377 e. The second-order valence-electron chi connectivity index (χ2n) is 7.25. The number of hydrogen-bond donors (Lipinski definition) is 0. The summed E-state index contributed by atoms with van der Waals surface area (Å²) in [6, 6.07) is 6.25. The Balaban J connectivity index is 1.84. The predicted octanol–water partition coefficient (Wildman–Crippen LogP) is 5.49. The van der Waals surface area contributed by atoms with Crippen LogP contribution < -0.4 is 0 Å². The lowest BCUT2D eigenvalue weighted by molar-refractivity contribution is -0.615. The van der Waals surface area contributed by atoms with E-state index in [0.29, 0.717) is 13.2 Å². The number of cyclic esters (lactones) is 1. The zero-order chi connectivity index (χ0) is 20.6. The molecule has 1 heterocycles. The Bertz CT molecular complexity index is 552. The van der Waals surface area contributed by atoms with Crippen LogP contribution in [0.3, 0.4) is 0 Å². The molecule has 0 saturated heterocycles. The van der Waals surface area contributed by atoms with Gasteiger partial charge in [0.2, 0.25) is 0 Å². The van der Waals surface area contributed by atoms with E-state index in [1.807, 2.05) is 0 Å². The minimum atomic E-state index is -0.862. The van der Waals surface area contributed by atoms with Gasteiger partial charge in [0, 0.05) is 5.04 Å². The molecule has 0 aromatic heterocycles. The molecule has 0 saturated carbocycles. The van der Waals surface area contributed by atoms with Crippen molar-refractivity contribution >= 4 is 11.9 Å². The van der Waals surface area contributed by atoms with E-state index in [2.05, 4.69) is 15.0 Å². The SMILES string of the molecule is O=C1OCCCCCCCCCCCCCCOOOOC(=O)c2ccccc21. The molecule has 0 N–H and O–H groups in total. The van der Waals surface area contributed by atoms with E-state index < -0.39 is 11.9 Å². The van der Waals surface area contributed by atoms with E-state index in [0.717, 1.165) is 32.1 Å². The lowest BCUT2D eigenvalue weighted by atomic mass is 10.1. The van der Waals surface area contributed by atoms with E-state index in [-0.39, 0.29) is 11.1 Å². The third-order valence-corrected chi connectivity index (χ3v) is 4.91. The highest BCUT2D eigenvalue weighted by molar-refractivity contribution is 6.02. The average Bonchev–Trinajstić information content (AvgIpc) is 2.74. The van der Waals surface area contributed by atoms with Gasteiger partial charge in [0.05, 0.1) is 24.3 Å². The van der Waals surface area contributed by atoms with E-state index in [9.17, 15) is 9.59 Å². The van der Waals surface area contributed by atoms with Gasteiger partial charge < -0.3 is 4.74 Å². The number of hydrogen-bond acceptors (Lipinski definition) is 7. The lowest BCUT2D eigenvalue weighted by Crippen LogP contribution is -2.15. The van der Waals surface area contributed by atoms with Crippen LogP contribution in [0.5, 0.6) is 0 Å². The summed E-state index contributed by atoms with van der Waals surface area (Å²) in [5, 5.41) is 8.75. The summed E-state index contributed by atoms with van der Waals surface area (Å²) in [5.41, 5.74) is 0.167. The summed E-state index contributed by atoms with van der Waals surface area (Å²) in [5.74, 6) is -1.42. The van der Waals surface area contributed by atoms with Gasteiger partial charge >= 0.3 is 11.9 Å². The fourth-order valence-electron chi connectivity index (χ4n) is 3.26. The molecule has 0 aliphatic carbocycles. The monoisotopic (exact) mass is 408 g/mol. The van der Waals surface area contributed by atoms with Gasteiger partial charge in [-0.25, -0.2) is 14.5 Å². The van der Waals surface area contributed by atoms with Crippen molar-refractivity contribution in [2.24, 2.45) is 0 Å². The minimum Gasteiger partial charge on any atom is -0.462 e. The van der Waals surface area contributed by atoms with Crippen LogP contribution in [-0.2, 0) is 24.6 Å². The molecule has 1 aromatic rings. The summed E-state index contributed by atoms with van der Waals surface area (Å²) in [6.45, 7) is 0.677. The van der Waals surface area contributed by atoms with Gasteiger partial charge in [0.1, 0.15) is 0 Å². The van der Waals surface area contributed by atoms with Crippen LogP contribution in [-0.4, -0.2) is 25.2 Å². The third kappa shape index (κ3) is 9.87. The van der Waals surface area contributed by atoms with E-state index in [4.69, 9.17) is 9.62 Å². The Morgan fingerprint density at radius 3 is 1.62 bits per heavy atom. The van der Waals surface area contributed by atoms with Crippen LogP contribution in [0.25, 0.3) is 0 Å². The van der Waals surface area contributed by atoms with Crippen molar-refractivity contribution in [2.45, 2.75) is 77.0 Å². The second kappa shape index (κ2) is 15.0. The Kier molecular flexibility index (Phi) is 12.0. The van der Waals surface area contributed by atoms with Crippen molar-refractivity contribution in [1.29, 1.82) is 0 Å². The van der Waals surface area contributed by atoms with Crippen LogP contribution in [0, 0.1) is 0 Å². The molecule has 7 nitrogen and oxygen atoms in total. The normalized spacial score (nSPS) is 20.1. The standard InChI is InChI=1S/C22H32O7/c23-21-19-15-11-12-16-20(19)22(24)27-29-28-26-18-14-10-8-6-4-2-1-3-5-7-9-13-17-25-21/h11-12,15-16H,1-10,13-14,17-18H2. The first kappa shape index (κ1) is 23.3. The van der Waals surface area contributed by atoms with Gasteiger partial charge in [-0.15, -0.1) is 0 Å². The molecule has 0 fully saturated rings. The predicted molar refractivity (Wildman–Crippen MR) is 106 cm³/mol. The van der Waals surface area contributed by atoms with Crippen molar-refractivity contribution in [3.05, 3.63) is 35.4 Å². The fraction of sp³-hybridized carbons (Fsp3) is 0.636. The summed E-state index contributed by atoms with van der Waals surface area (Å²) in [6.07, 6.45) is 13.6. The van der Waals surface area contributed by atoms with E-state index in [1.165, 1.54) is 57.1 Å². The Hall–Kier alpha value is -1.96. The largest absolute Gasteiger partial charge is 0.462 e. The van der Waals surface area contributed by atoms with Gasteiger partial charge in [0.15, 0.2) is 0 Å². The van der Waals surface area contributed by atoms with Crippen molar-refractivity contribution in [2.75, 3.05) is 13.2 Å². The zero-order valence-electron chi connectivity index (χ0n) is 17.1. The highest BCUT2D eigenvalue weighted by Gasteiger charge is 2.20. The number of benzene rings is 1. The Morgan fingerprint density at radius 2 is 1.03 bits per heavy atom. The maximum absolute atomic E-state index is 12.3. The molecule has 0 unspecified atom stereocenters. The molecule has 0 bridgehead atoms. The highest BCUT2D eigenvalue weighted by Crippen LogP contribution is 2.15. The van der Waals surface area contributed by atoms with Crippen LogP contribution in [0.2, 0.25) is 0 Å². The topological polar surface area (TPSA) is 80.3 Å². The number of rotatable bonds is 0. The molecule has 0 amide bonds. The maximum Gasteiger partial charge on any atom is 0.377 e. The molecule has 1 aliphatic heterocycles. The van der Waals surface area contributed by atoms with Gasteiger partial charge in [0.25, 0.3) is 0 Å². The maximum atomic E-state index is 12.3. The first-order valence-corrected chi connectivity index (χ1v) is 10.7. The van der Waals surface area contributed by atoms with Crippen molar-refractivity contribution in [3.63, 3.8) is 0 Å². The number of esters is 1. The zero-order valence-corrected chi connectivity index (χ0v) is 17.1. The van der Waals surface area contributed by atoms with Gasteiger partial charge in [-0.3, -0.25) is 4.89 Å². The third-order valence-electron chi connectivity index (χ3n) is 4.91. The van der Waals surface area contributed by atoms with Gasteiger partial charge in [-0.05, 0) is 30.0 Å². The first-order valence-electron chi connectivity index (χ1n) is 10.7. The molecule has 0 atom stereocenters. The lowest BCUT2D eigenvalue weighted by Gasteiger charge is -2.08. The summed E-state index contributed by atoms with van der Waals surface area (Å²) < 4.78 is 5.30. The van der Waals surface area contributed by atoms with Gasteiger partial charge in [-0.2, -0.15) is 0 Å². The van der Waals surface area contributed by atoms with Crippen LogP contribution >= 0.6 is 0 Å². The average molecular weight is 408 g/mol. The molecular weight excluding hydrogens is 376 g/mol. The van der Waals surface area contributed by atoms with Crippen molar-refractivity contribution in [3.8, 4) is 0 Å². The molecule has 0 spiro atoms. The van der Waals surface area contributed by atoms with E-state index >= 15 is 0 Å². The van der Waals surface area contributed by atoms with E-state index in [1.54, 1.807) is 12.1 Å².